The molecule has 0 spiro atoms. The standard InChI is InChI=1S/C23H29NO4/c1-7-27-22(26)20-19(17-13(3)8-12(2)9-14(17)4)18-15(25)10-23(5,6)11-16(18)28-21(20)24/h8-9,19H,7,10-11,24H2,1-6H3/t19-/m0/s1. The second-order valence-corrected chi connectivity index (χ2v) is 8.62. The molecule has 0 bridgehead atoms. The lowest BCUT2D eigenvalue weighted by Crippen LogP contribution is -2.36. The molecule has 1 aromatic rings. The van der Waals surface area contributed by atoms with E-state index in [0.29, 0.717) is 24.2 Å². The number of hydrogen-bond donors (Lipinski definition) is 1. The maximum atomic E-state index is 13.2. The van der Waals surface area contributed by atoms with Gasteiger partial charge in [0.2, 0.25) is 5.88 Å². The predicted molar refractivity (Wildman–Crippen MR) is 107 cm³/mol. The van der Waals surface area contributed by atoms with E-state index in [1.165, 1.54) is 0 Å². The van der Waals surface area contributed by atoms with Gasteiger partial charge in [0.15, 0.2) is 5.78 Å². The van der Waals surface area contributed by atoms with Crippen molar-refractivity contribution in [1.29, 1.82) is 0 Å². The molecule has 0 saturated carbocycles. The minimum Gasteiger partial charge on any atom is -0.462 e. The number of hydrogen-bond acceptors (Lipinski definition) is 5. The fourth-order valence-electron chi connectivity index (χ4n) is 4.53. The molecular formula is C23H29NO4. The molecule has 150 valence electrons. The number of carbonyl (C=O) groups excluding carboxylic acids is 2. The smallest absolute Gasteiger partial charge is 0.340 e. The molecule has 2 aliphatic rings. The number of benzene rings is 1. The van der Waals surface area contributed by atoms with Crippen molar-refractivity contribution in [2.24, 2.45) is 11.1 Å². The van der Waals surface area contributed by atoms with Crippen LogP contribution in [0, 0.1) is 26.2 Å². The number of nitrogens with two attached hydrogens (primary N) is 1. The van der Waals surface area contributed by atoms with Crippen molar-refractivity contribution in [3.63, 3.8) is 0 Å². The first-order valence-electron chi connectivity index (χ1n) is 9.74. The highest BCUT2D eigenvalue weighted by Gasteiger charge is 2.45. The van der Waals surface area contributed by atoms with E-state index in [4.69, 9.17) is 15.2 Å². The van der Waals surface area contributed by atoms with Crippen molar-refractivity contribution in [3.05, 3.63) is 57.2 Å². The molecule has 1 atom stereocenters. The summed E-state index contributed by atoms with van der Waals surface area (Å²) >= 11 is 0. The van der Waals surface area contributed by atoms with Crippen LogP contribution in [0.4, 0.5) is 0 Å². The Morgan fingerprint density at radius 1 is 1.21 bits per heavy atom. The Labute approximate surface area is 166 Å². The molecule has 5 nitrogen and oxygen atoms in total. The number of rotatable bonds is 3. The number of ether oxygens (including phenoxy) is 2. The Balaban J connectivity index is 2.28. The summed E-state index contributed by atoms with van der Waals surface area (Å²) in [6, 6.07) is 4.13. The van der Waals surface area contributed by atoms with Gasteiger partial charge in [-0.05, 0) is 49.8 Å². The molecule has 5 heteroatoms. The first kappa shape index (κ1) is 20.2. The highest BCUT2D eigenvalue weighted by molar-refractivity contribution is 6.03. The molecular weight excluding hydrogens is 354 g/mol. The van der Waals surface area contributed by atoms with Crippen LogP contribution >= 0.6 is 0 Å². The third kappa shape index (κ3) is 3.46. The molecule has 0 amide bonds. The normalized spacial score (nSPS) is 21.4. The number of esters is 1. The maximum Gasteiger partial charge on any atom is 0.340 e. The van der Waals surface area contributed by atoms with E-state index >= 15 is 0 Å². The van der Waals surface area contributed by atoms with Crippen LogP contribution in [-0.2, 0) is 19.1 Å². The topological polar surface area (TPSA) is 78.6 Å². The van der Waals surface area contributed by atoms with E-state index in [2.05, 4.69) is 12.1 Å². The Kier molecular flexibility index (Phi) is 5.13. The minimum absolute atomic E-state index is 0.00456. The summed E-state index contributed by atoms with van der Waals surface area (Å²) in [7, 11) is 0. The highest BCUT2D eigenvalue weighted by atomic mass is 16.5. The van der Waals surface area contributed by atoms with Crippen molar-refractivity contribution >= 4 is 11.8 Å². The summed E-state index contributed by atoms with van der Waals surface area (Å²) in [6.45, 7) is 12.1. The van der Waals surface area contributed by atoms with Gasteiger partial charge in [0, 0.05) is 18.4 Å². The van der Waals surface area contributed by atoms with Gasteiger partial charge >= 0.3 is 5.97 Å². The summed E-state index contributed by atoms with van der Waals surface area (Å²) in [5.74, 6) is -0.478. The van der Waals surface area contributed by atoms with Crippen molar-refractivity contribution in [2.45, 2.75) is 60.3 Å². The van der Waals surface area contributed by atoms with Gasteiger partial charge in [-0.1, -0.05) is 31.5 Å². The van der Waals surface area contributed by atoms with Gasteiger partial charge in [0.25, 0.3) is 0 Å². The molecule has 2 N–H and O–H groups in total. The summed E-state index contributed by atoms with van der Waals surface area (Å²) in [6.07, 6.45) is 1.01. The Morgan fingerprint density at radius 2 is 1.82 bits per heavy atom. The molecule has 1 heterocycles. The molecule has 0 aromatic heterocycles. The van der Waals surface area contributed by atoms with Crippen LogP contribution in [0.2, 0.25) is 0 Å². The van der Waals surface area contributed by atoms with Crippen molar-refractivity contribution in [2.75, 3.05) is 6.61 Å². The molecule has 0 radical (unpaired) electrons. The zero-order chi connectivity index (χ0) is 20.8. The van der Waals surface area contributed by atoms with Gasteiger partial charge in [-0.25, -0.2) is 4.79 Å². The number of allylic oxidation sites excluding steroid dienone is 2. The van der Waals surface area contributed by atoms with Gasteiger partial charge in [-0.3, -0.25) is 4.79 Å². The molecule has 0 unspecified atom stereocenters. The van der Waals surface area contributed by atoms with Crippen LogP contribution in [0.25, 0.3) is 0 Å². The van der Waals surface area contributed by atoms with Crippen LogP contribution in [0.3, 0.4) is 0 Å². The third-order valence-electron chi connectivity index (χ3n) is 5.48. The number of carbonyl (C=O) groups is 2. The Hall–Kier alpha value is -2.56. The van der Waals surface area contributed by atoms with Gasteiger partial charge in [-0.2, -0.15) is 0 Å². The van der Waals surface area contributed by atoms with Crippen molar-refractivity contribution in [1.82, 2.24) is 0 Å². The van der Waals surface area contributed by atoms with E-state index in [1.807, 2.05) is 34.6 Å². The first-order chi connectivity index (χ1) is 13.1. The quantitative estimate of drug-likeness (QED) is 0.795. The Morgan fingerprint density at radius 3 is 2.39 bits per heavy atom. The van der Waals surface area contributed by atoms with E-state index in [9.17, 15) is 9.59 Å². The lowest BCUT2D eigenvalue weighted by molar-refractivity contribution is -0.139. The average molecular weight is 383 g/mol. The SMILES string of the molecule is CCOC(=O)C1=C(N)OC2=C(C(=O)CC(C)(C)C2)[C@@H]1c1c(C)cc(C)cc1C. The van der Waals surface area contributed by atoms with Crippen LogP contribution in [-0.4, -0.2) is 18.4 Å². The largest absolute Gasteiger partial charge is 0.462 e. The van der Waals surface area contributed by atoms with E-state index in [0.717, 1.165) is 22.3 Å². The summed E-state index contributed by atoms with van der Waals surface area (Å²) in [5, 5.41) is 0. The zero-order valence-corrected chi connectivity index (χ0v) is 17.6. The van der Waals surface area contributed by atoms with Gasteiger partial charge in [-0.15, -0.1) is 0 Å². The van der Waals surface area contributed by atoms with Gasteiger partial charge in [0.05, 0.1) is 12.5 Å². The van der Waals surface area contributed by atoms with Crippen LogP contribution in [0.1, 0.15) is 61.8 Å². The van der Waals surface area contributed by atoms with E-state index in [1.54, 1.807) is 6.92 Å². The zero-order valence-electron chi connectivity index (χ0n) is 17.6. The maximum absolute atomic E-state index is 13.2. The van der Waals surface area contributed by atoms with Gasteiger partial charge < -0.3 is 15.2 Å². The predicted octanol–water partition coefficient (Wildman–Crippen LogP) is 4.10. The molecule has 0 saturated heterocycles. The fraction of sp³-hybridized carbons (Fsp3) is 0.478. The van der Waals surface area contributed by atoms with Crippen molar-refractivity contribution in [3.8, 4) is 0 Å². The number of ketones is 1. The second-order valence-electron chi connectivity index (χ2n) is 8.62. The lowest BCUT2D eigenvalue weighted by Gasteiger charge is -2.38. The number of Topliss-reactive ketones (excluding diaryl/α,β-unsaturated/α-hetero) is 1. The third-order valence-corrected chi connectivity index (χ3v) is 5.48. The molecule has 28 heavy (non-hydrogen) atoms. The molecule has 1 aliphatic carbocycles. The number of aryl methyl sites for hydroxylation is 3. The van der Waals surface area contributed by atoms with Gasteiger partial charge in [0.1, 0.15) is 11.3 Å². The van der Waals surface area contributed by atoms with Crippen LogP contribution in [0.15, 0.2) is 34.9 Å². The molecule has 1 aromatic carbocycles. The molecule has 1 aliphatic heterocycles. The van der Waals surface area contributed by atoms with Crippen molar-refractivity contribution < 1.29 is 19.1 Å². The lowest BCUT2D eigenvalue weighted by atomic mass is 9.69. The minimum atomic E-state index is -0.563. The monoisotopic (exact) mass is 383 g/mol. The van der Waals surface area contributed by atoms with E-state index < -0.39 is 11.9 Å². The van der Waals surface area contributed by atoms with Crippen LogP contribution < -0.4 is 5.73 Å². The summed E-state index contributed by atoms with van der Waals surface area (Å²) in [4.78, 5) is 26.0. The summed E-state index contributed by atoms with van der Waals surface area (Å²) < 4.78 is 11.1. The average Bonchev–Trinajstić information content (AvgIpc) is 2.51. The fourth-order valence-corrected chi connectivity index (χ4v) is 4.53. The Bertz CT molecular complexity index is 898. The summed E-state index contributed by atoms with van der Waals surface area (Å²) in [5.41, 5.74) is 10.9. The van der Waals surface area contributed by atoms with E-state index in [-0.39, 0.29) is 29.3 Å². The first-order valence-corrected chi connectivity index (χ1v) is 9.74. The molecule has 3 rings (SSSR count). The van der Waals surface area contributed by atoms with Crippen LogP contribution in [0.5, 0.6) is 0 Å². The highest BCUT2D eigenvalue weighted by Crippen LogP contribution is 2.49. The molecule has 0 fully saturated rings. The second kappa shape index (κ2) is 7.12.